The van der Waals surface area contributed by atoms with Crippen molar-refractivity contribution in [3.8, 4) is 5.88 Å². The number of pyridine rings is 1. The lowest BCUT2D eigenvalue weighted by Crippen LogP contribution is -2.25. The van der Waals surface area contributed by atoms with Crippen LogP contribution in [0.3, 0.4) is 0 Å². The predicted molar refractivity (Wildman–Crippen MR) is 71.4 cm³/mol. The summed E-state index contributed by atoms with van der Waals surface area (Å²) < 4.78 is 5.23. The number of methoxy groups -OCH3 is 1. The minimum absolute atomic E-state index is 0.328. The summed E-state index contributed by atoms with van der Waals surface area (Å²) >= 11 is 0. The molecular weight excluding hydrogens is 226 g/mol. The molecule has 100 valence electrons. The smallest absolute Gasteiger partial charge is 0.218 e. The minimum Gasteiger partial charge on any atom is -0.481 e. The maximum Gasteiger partial charge on any atom is 0.218 e. The highest BCUT2D eigenvalue weighted by Gasteiger charge is 2.31. The van der Waals surface area contributed by atoms with E-state index in [-0.39, 0.29) is 0 Å². The fraction of sp³-hybridized carbons (Fsp3) is 0.667. The summed E-state index contributed by atoms with van der Waals surface area (Å²) in [5.41, 5.74) is 0.826. The number of ether oxygens (including phenoxy) is 1. The summed E-state index contributed by atoms with van der Waals surface area (Å²) in [6, 6.07) is 3.77. The van der Waals surface area contributed by atoms with Crippen molar-refractivity contribution in [1.29, 1.82) is 0 Å². The normalized spacial score (nSPS) is 29.9. The molecule has 1 aromatic rings. The summed E-state index contributed by atoms with van der Waals surface area (Å²) in [6.45, 7) is 4.59. The van der Waals surface area contributed by atoms with Gasteiger partial charge in [0.1, 0.15) is 0 Å². The molecule has 4 unspecified atom stereocenters. The fourth-order valence-corrected chi connectivity index (χ4v) is 2.93. The van der Waals surface area contributed by atoms with Gasteiger partial charge in [-0.2, -0.15) is 0 Å². The zero-order chi connectivity index (χ0) is 13.1. The Bertz CT molecular complexity index is 394. The summed E-state index contributed by atoms with van der Waals surface area (Å²) in [4.78, 5) is 4.16. The van der Waals surface area contributed by atoms with Crippen molar-refractivity contribution < 1.29 is 9.84 Å². The predicted octanol–water partition coefficient (Wildman–Crippen LogP) is 3.20. The average molecular weight is 249 g/mol. The van der Waals surface area contributed by atoms with Crippen LogP contribution in [0.4, 0.5) is 0 Å². The lowest BCUT2D eigenvalue weighted by Gasteiger charge is -2.34. The quantitative estimate of drug-likeness (QED) is 0.894. The maximum atomic E-state index is 10.5. The zero-order valence-electron chi connectivity index (χ0n) is 11.5. The van der Waals surface area contributed by atoms with Crippen molar-refractivity contribution in [3.05, 3.63) is 23.9 Å². The molecule has 0 spiro atoms. The van der Waals surface area contributed by atoms with Crippen LogP contribution in [0.5, 0.6) is 5.88 Å². The van der Waals surface area contributed by atoms with Gasteiger partial charge in [-0.05, 0) is 42.7 Å². The Morgan fingerprint density at radius 2 is 2.11 bits per heavy atom. The van der Waals surface area contributed by atoms with E-state index in [0.29, 0.717) is 17.7 Å². The number of rotatable bonds is 3. The first-order valence-electron chi connectivity index (χ1n) is 6.80. The van der Waals surface area contributed by atoms with Gasteiger partial charge in [0, 0.05) is 11.8 Å². The van der Waals surface area contributed by atoms with Crippen LogP contribution in [0.25, 0.3) is 0 Å². The van der Waals surface area contributed by atoms with Crippen LogP contribution in [0.15, 0.2) is 18.3 Å². The molecule has 3 heteroatoms. The Hall–Kier alpha value is -1.09. The average Bonchev–Trinajstić information content (AvgIpc) is 2.41. The molecule has 1 N–H and O–H groups in total. The molecule has 4 atom stereocenters. The van der Waals surface area contributed by atoms with Crippen LogP contribution < -0.4 is 4.74 Å². The molecule has 0 aliphatic heterocycles. The van der Waals surface area contributed by atoms with E-state index >= 15 is 0 Å². The number of nitrogens with zero attached hydrogens (tertiary/aromatic N) is 1. The van der Waals surface area contributed by atoms with Crippen molar-refractivity contribution in [2.75, 3.05) is 7.11 Å². The van der Waals surface area contributed by atoms with Gasteiger partial charge in [-0.1, -0.05) is 20.3 Å². The van der Waals surface area contributed by atoms with E-state index in [1.165, 1.54) is 6.42 Å². The molecule has 2 rings (SSSR count). The highest BCUT2D eigenvalue weighted by Crippen LogP contribution is 2.41. The van der Waals surface area contributed by atoms with E-state index in [0.717, 1.165) is 24.3 Å². The standard InChI is InChI=1S/C15H23NO2/c1-10-6-7-12(9-11(10)2)14(17)13-5-4-8-16-15(13)18-3/h4-5,8,10-12,14,17H,6-7,9H2,1-3H3. The topological polar surface area (TPSA) is 42.4 Å². The van der Waals surface area contributed by atoms with Gasteiger partial charge in [0.15, 0.2) is 0 Å². The van der Waals surface area contributed by atoms with Gasteiger partial charge >= 0.3 is 0 Å². The number of hydrogen-bond donors (Lipinski definition) is 1. The maximum absolute atomic E-state index is 10.5. The molecule has 0 amide bonds. The van der Waals surface area contributed by atoms with E-state index in [1.54, 1.807) is 13.3 Å². The van der Waals surface area contributed by atoms with Gasteiger partial charge < -0.3 is 9.84 Å². The second-order valence-corrected chi connectivity index (χ2v) is 5.57. The van der Waals surface area contributed by atoms with Crippen molar-refractivity contribution in [3.63, 3.8) is 0 Å². The van der Waals surface area contributed by atoms with Crippen molar-refractivity contribution in [1.82, 2.24) is 4.98 Å². The lowest BCUT2D eigenvalue weighted by atomic mass is 9.73. The van der Waals surface area contributed by atoms with Crippen LogP contribution in [0.1, 0.15) is 44.8 Å². The first kappa shape index (κ1) is 13.3. The summed E-state index contributed by atoms with van der Waals surface area (Å²) in [6.07, 6.45) is 4.61. The van der Waals surface area contributed by atoms with Crippen LogP contribution in [-0.4, -0.2) is 17.2 Å². The van der Waals surface area contributed by atoms with Crippen LogP contribution in [0.2, 0.25) is 0 Å². The van der Waals surface area contributed by atoms with Gasteiger partial charge in [0.2, 0.25) is 5.88 Å². The third kappa shape index (κ3) is 2.66. The molecule has 0 bridgehead atoms. The summed E-state index contributed by atoms with van der Waals surface area (Å²) in [5, 5.41) is 10.5. The Morgan fingerprint density at radius 1 is 1.33 bits per heavy atom. The van der Waals surface area contributed by atoms with E-state index < -0.39 is 6.10 Å². The first-order valence-corrected chi connectivity index (χ1v) is 6.80. The largest absolute Gasteiger partial charge is 0.481 e. The molecule has 0 saturated heterocycles. The molecule has 1 aliphatic rings. The molecule has 1 fully saturated rings. The summed E-state index contributed by atoms with van der Waals surface area (Å²) in [7, 11) is 1.60. The molecule has 0 aromatic carbocycles. The van der Waals surface area contributed by atoms with E-state index in [1.807, 2.05) is 12.1 Å². The molecular formula is C15H23NO2. The zero-order valence-corrected chi connectivity index (χ0v) is 11.5. The molecule has 0 radical (unpaired) electrons. The van der Waals surface area contributed by atoms with Gasteiger partial charge in [-0.15, -0.1) is 0 Å². The van der Waals surface area contributed by atoms with Crippen LogP contribution >= 0.6 is 0 Å². The molecule has 1 saturated carbocycles. The summed E-state index contributed by atoms with van der Waals surface area (Å²) in [5.74, 6) is 2.33. The number of aliphatic hydroxyl groups is 1. The van der Waals surface area contributed by atoms with Crippen molar-refractivity contribution >= 4 is 0 Å². The number of aromatic nitrogens is 1. The van der Waals surface area contributed by atoms with Crippen molar-refractivity contribution in [2.45, 2.75) is 39.2 Å². The van der Waals surface area contributed by atoms with Crippen molar-refractivity contribution in [2.24, 2.45) is 17.8 Å². The monoisotopic (exact) mass is 249 g/mol. The molecule has 1 aliphatic carbocycles. The van der Waals surface area contributed by atoms with Gasteiger partial charge in [0.25, 0.3) is 0 Å². The van der Waals surface area contributed by atoms with Crippen LogP contribution in [-0.2, 0) is 0 Å². The Kier molecular flexibility index (Phi) is 4.23. The highest BCUT2D eigenvalue weighted by atomic mass is 16.5. The number of hydrogen-bond acceptors (Lipinski definition) is 3. The lowest BCUT2D eigenvalue weighted by molar-refractivity contribution is 0.0539. The third-order valence-corrected chi connectivity index (χ3v) is 4.40. The minimum atomic E-state index is -0.455. The SMILES string of the molecule is COc1ncccc1C(O)C1CCC(C)C(C)C1. The van der Waals surface area contributed by atoms with E-state index in [2.05, 4.69) is 18.8 Å². The second kappa shape index (κ2) is 5.70. The van der Waals surface area contributed by atoms with E-state index in [4.69, 9.17) is 4.74 Å². The second-order valence-electron chi connectivity index (χ2n) is 5.57. The molecule has 1 heterocycles. The van der Waals surface area contributed by atoms with Crippen LogP contribution in [0, 0.1) is 17.8 Å². The Balaban J connectivity index is 2.13. The molecule has 3 nitrogen and oxygen atoms in total. The molecule has 18 heavy (non-hydrogen) atoms. The Labute approximate surface area is 109 Å². The van der Waals surface area contributed by atoms with E-state index in [9.17, 15) is 5.11 Å². The Morgan fingerprint density at radius 3 is 2.78 bits per heavy atom. The number of aliphatic hydroxyl groups excluding tert-OH is 1. The van der Waals surface area contributed by atoms with Gasteiger partial charge in [-0.25, -0.2) is 4.98 Å². The highest BCUT2D eigenvalue weighted by molar-refractivity contribution is 5.28. The van der Waals surface area contributed by atoms with Gasteiger partial charge in [-0.3, -0.25) is 0 Å². The molecule has 1 aromatic heterocycles. The van der Waals surface area contributed by atoms with Gasteiger partial charge in [0.05, 0.1) is 13.2 Å². The fourth-order valence-electron chi connectivity index (χ4n) is 2.93. The third-order valence-electron chi connectivity index (χ3n) is 4.40. The first-order chi connectivity index (χ1) is 8.63.